The molecule has 0 aliphatic carbocycles. The fraction of sp³-hybridized carbons (Fsp3) is 0.286. The number of hydrogen-bond donors (Lipinski definition) is 1. The number of hydrazone groups is 1. The van der Waals surface area contributed by atoms with Crippen LogP contribution >= 0.6 is 0 Å². The lowest BCUT2D eigenvalue weighted by Gasteiger charge is -2.04. The van der Waals surface area contributed by atoms with Gasteiger partial charge in [0.05, 0.1) is 40.9 Å². The van der Waals surface area contributed by atoms with Gasteiger partial charge in [0.25, 0.3) is 0 Å². The van der Waals surface area contributed by atoms with Crippen LogP contribution < -0.4 is 5.43 Å². The number of para-hydroxylation sites is 2. The number of carbonyl (C=O) groups is 1. The van der Waals surface area contributed by atoms with E-state index in [0.717, 1.165) is 11.0 Å². The second-order valence-corrected chi connectivity index (χ2v) is 7.35. The van der Waals surface area contributed by atoms with Gasteiger partial charge in [-0.3, -0.25) is 9.78 Å². The van der Waals surface area contributed by atoms with Crippen molar-refractivity contribution in [2.45, 2.75) is 6.42 Å². The SMILES string of the molecule is O=C(N/N=C\c1cnc2ccccc2n1)[C@@H]1CCS(=O)(=O)C1. The Morgan fingerprint density at radius 1 is 1.32 bits per heavy atom. The predicted molar refractivity (Wildman–Crippen MR) is 82.0 cm³/mol. The Morgan fingerprint density at radius 2 is 2.09 bits per heavy atom. The van der Waals surface area contributed by atoms with Gasteiger partial charge < -0.3 is 0 Å². The topological polar surface area (TPSA) is 101 Å². The third-order valence-electron chi connectivity index (χ3n) is 3.44. The largest absolute Gasteiger partial charge is 0.273 e. The smallest absolute Gasteiger partial charge is 0.244 e. The summed E-state index contributed by atoms with van der Waals surface area (Å²) in [5.74, 6) is -0.953. The van der Waals surface area contributed by atoms with Crippen molar-refractivity contribution in [3.8, 4) is 0 Å². The summed E-state index contributed by atoms with van der Waals surface area (Å²) in [5.41, 5.74) is 4.38. The molecule has 0 saturated carbocycles. The van der Waals surface area contributed by atoms with Gasteiger partial charge in [-0.05, 0) is 18.6 Å². The number of aromatic nitrogens is 2. The molecule has 2 heterocycles. The number of benzene rings is 1. The highest BCUT2D eigenvalue weighted by atomic mass is 32.2. The molecule has 22 heavy (non-hydrogen) atoms. The van der Waals surface area contributed by atoms with E-state index in [1.807, 2.05) is 24.3 Å². The van der Waals surface area contributed by atoms with Crippen molar-refractivity contribution >= 4 is 33.0 Å². The van der Waals surface area contributed by atoms with Gasteiger partial charge in [-0.1, -0.05) is 12.1 Å². The Labute approximate surface area is 127 Å². The maximum Gasteiger partial charge on any atom is 0.244 e. The molecular formula is C14H14N4O3S. The highest BCUT2D eigenvalue weighted by Gasteiger charge is 2.32. The lowest BCUT2D eigenvalue weighted by Crippen LogP contribution is -2.27. The summed E-state index contributed by atoms with van der Waals surface area (Å²) in [6, 6.07) is 7.42. The summed E-state index contributed by atoms with van der Waals surface area (Å²) in [6.07, 6.45) is 3.29. The summed E-state index contributed by atoms with van der Waals surface area (Å²) < 4.78 is 22.7. The number of nitrogens with one attached hydrogen (secondary N) is 1. The number of amides is 1. The molecule has 2 aromatic rings. The van der Waals surface area contributed by atoms with Gasteiger partial charge in [-0.15, -0.1) is 0 Å². The third kappa shape index (κ3) is 3.28. The Hall–Kier alpha value is -2.35. The van der Waals surface area contributed by atoms with Crippen LogP contribution in [0, 0.1) is 5.92 Å². The molecule has 0 bridgehead atoms. The van der Waals surface area contributed by atoms with Gasteiger partial charge in [0.2, 0.25) is 5.91 Å². The van der Waals surface area contributed by atoms with E-state index in [1.165, 1.54) is 6.21 Å². The molecule has 7 nitrogen and oxygen atoms in total. The van der Waals surface area contributed by atoms with Crippen molar-refractivity contribution in [2.75, 3.05) is 11.5 Å². The van der Waals surface area contributed by atoms with E-state index in [2.05, 4.69) is 20.5 Å². The van der Waals surface area contributed by atoms with Gasteiger partial charge in [-0.2, -0.15) is 5.10 Å². The Kier molecular flexibility index (Phi) is 3.84. The second-order valence-electron chi connectivity index (χ2n) is 5.12. The van der Waals surface area contributed by atoms with Gasteiger partial charge in [0, 0.05) is 0 Å². The zero-order chi connectivity index (χ0) is 15.6. The van der Waals surface area contributed by atoms with E-state index in [9.17, 15) is 13.2 Å². The van der Waals surface area contributed by atoms with Crippen molar-refractivity contribution < 1.29 is 13.2 Å². The van der Waals surface area contributed by atoms with Crippen LogP contribution in [0.2, 0.25) is 0 Å². The average molecular weight is 318 g/mol. The molecule has 114 valence electrons. The number of carbonyl (C=O) groups excluding carboxylic acids is 1. The van der Waals surface area contributed by atoms with Gasteiger partial charge in [0.1, 0.15) is 5.69 Å². The van der Waals surface area contributed by atoms with Crippen molar-refractivity contribution in [1.82, 2.24) is 15.4 Å². The standard InChI is InChI=1S/C14H14N4O3S/c19-14(10-5-6-22(20,21)9-10)18-16-8-11-7-15-12-3-1-2-4-13(12)17-11/h1-4,7-8,10H,5-6,9H2,(H,18,19)/b16-8-/t10-/m1/s1. The van der Waals surface area contributed by atoms with Crippen LogP contribution in [0.25, 0.3) is 11.0 Å². The van der Waals surface area contributed by atoms with Crippen LogP contribution in [0.4, 0.5) is 0 Å². The Morgan fingerprint density at radius 3 is 2.82 bits per heavy atom. The maximum absolute atomic E-state index is 11.8. The molecule has 1 aromatic carbocycles. The third-order valence-corrected chi connectivity index (χ3v) is 5.21. The molecule has 1 aromatic heterocycles. The van der Waals surface area contributed by atoms with E-state index in [0.29, 0.717) is 12.1 Å². The Bertz CT molecular complexity index is 848. The van der Waals surface area contributed by atoms with Crippen LogP contribution in [0.5, 0.6) is 0 Å². The van der Waals surface area contributed by atoms with Crippen LogP contribution in [-0.2, 0) is 14.6 Å². The lowest BCUT2D eigenvalue weighted by atomic mass is 10.1. The van der Waals surface area contributed by atoms with E-state index in [-0.39, 0.29) is 17.4 Å². The second kappa shape index (κ2) is 5.80. The summed E-state index contributed by atoms with van der Waals surface area (Å²) in [6.45, 7) is 0. The lowest BCUT2D eigenvalue weighted by molar-refractivity contribution is -0.124. The maximum atomic E-state index is 11.8. The predicted octanol–water partition coefficient (Wildman–Crippen LogP) is 0.515. The fourth-order valence-electron chi connectivity index (χ4n) is 2.29. The highest BCUT2D eigenvalue weighted by Crippen LogP contribution is 2.18. The molecule has 1 saturated heterocycles. The minimum Gasteiger partial charge on any atom is -0.273 e. The quantitative estimate of drug-likeness (QED) is 0.656. The minimum absolute atomic E-state index is 0.0605. The average Bonchev–Trinajstić information content (AvgIpc) is 2.87. The number of fused-ring (bicyclic) bond motifs is 1. The molecule has 1 fully saturated rings. The first-order valence-electron chi connectivity index (χ1n) is 6.79. The van der Waals surface area contributed by atoms with E-state index >= 15 is 0 Å². The summed E-state index contributed by atoms with van der Waals surface area (Å²) in [4.78, 5) is 20.4. The number of sulfone groups is 1. The Balaban J connectivity index is 1.65. The van der Waals surface area contributed by atoms with Crippen molar-refractivity contribution in [3.63, 3.8) is 0 Å². The summed E-state index contributed by atoms with van der Waals surface area (Å²) in [7, 11) is -3.08. The summed E-state index contributed by atoms with van der Waals surface area (Å²) >= 11 is 0. The fourth-order valence-corrected chi connectivity index (χ4v) is 4.03. The molecule has 0 unspecified atom stereocenters. The number of hydrogen-bond acceptors (Lipinski definition) is 6. The van der Waals surface area contributed by atoms with Crippen LogP contribution in [0.3, 0.4) is 0 Å². The molecule has 1 N–H and O–H groups in total. The minimum atomic E-state index is -3.08. The molecule has 1 amide bonds. The van der Waals surface area contributed by atoms with Crippen LogP contribution in [0.15, 0.2) is 35.6 Å². The van der Waals surface area contributed by atoms with Crippen LogP contribution in [-0.4, -0.2) is 42.0 Å². The molecule has 0 radical (unpaired) electrons. The highest BCUT2D eigenvalue weighted by molar-refractivity contribution is 7.91. The van der Waals surface area contributed by atoms with E-state index in [4.69, 9.17) is 0 Å². The van der Waals surface area contributed by atoms with Crippen molar-refractivity contribution in [3.05, 3.63) is 36.2 Å². The van der Waals surface area contributed by atoms with Gasteiger partial charge in [0.15, 0.2) is 9.84 Å². The first-order chi connectivity index (χ1) is 10.5. The van der Waals surface area contributed by atoms with Crippen LogP contribution in [0.1, 0.15) is 12.1 Å². The van der Waals surface area contributed by atoms with E-state index in [1.54, 1.807) is 6.20 Å². The molecular weight excluding hydrogens is 304 g/mol. The summed E-state index contributed by atoms with van der Waals surface area (Å²) in [5, 5.41) is 3.82. The van der Waals surface area contributed by atoms with Crippen molar-refractivity contribution in [1.29, 1.82) is 0 Å². The number of rotatable bonds is 3. The molecule has 1 aliphatic heterocycles. The molecule has 1 atom stereocenters. The van der Waals surface area contributed by atoms with Crippen molar-refractivity contribution in [2.24, 2.45) is 11.0 Å². The normalized spacial score (nSPS) is 20.5. The zero-order valence-electron chi connectivity index (χ0n) is 11.6. The number of nitrogens with zero attached hydrogens (tertiary/aromatic N) is 3. The first kappa shape index (κ1) is 14.6. The molecule has 3 rings (SSSR count). The zero-order valence-corrected chi connectivity index (χ0v) is 12.5. The monoisotopic (exact) mass is 318 g/mol. The van der Waals surface area contributed by atoms with E-state index < -0.39 is 15.8 Å². The molecule has 1 aliphatic rings. The van der Waals surface area contributed by atoms with Gasteiger partial charge >= 0.3 is 0 Å². The molecule has 8 heteroatoms. The van der Waals surface area contributed by atoms with Gasteiger partial charge in [-0.25, -0.2) is 18.8 Å². The first-order valence-corrected chi connectivity index (χ1v) is 8.61. The molecule has 0 spiro atoms.